The lowest BCUT2D eigenvalue weighted by atomic mass is 9.96. The Morgan fingerprint density at radius 1 is 1.03 bits per heavy atom. The smallest absolute Gasteiger partial charge is 0.226 e. The van der Waals surface area contributed by atoms with Gasteiger partial charge in [-0.05, 0) is 31.7 Å². The number of anilines is 1. The van der Waals surface area contributed by atoms with Gasteiger partial charge in [-0.3, -0.25) is 9.48 Å². The number of rotatable bonds is 6. The van der Waals surface area contributed by atoms with Gasteiger partial charge in [-0.15, -0.1) is 0 Å². The van der Waals surface area contributed by atoms with Crippen LogP contribution >= 0.6 is 0 Å². The third-order valence-electron chi connectivity index (χ3n) is 6.94. The molecule has 1 amide bonds. The van der Waals surface area contributed by atoms with E-state index in [1.807, 2.05) is 18.3 Å². The first-order valence-corrected chi connectivity index (χ1v) is 11.6. The highest BCUT2D eigenvalue weighted by atomic mass is 16.5. The Balaban J connectivity index is 1.59. The molecule has 2 fully saturated rings. The lowest BCUT2D eigenvalue weighted by Crippen LogP contribution is -2.39. The van der Waals surface area contributed by atoms with Crippen LogP contribution in [0.5, 0.6) is 11.5 Å². The molecule has 3 heterocycles. The molecule has 174 valence electrons. The fourth-order valence-corrected chi connectivity index (χ4v) is 5.00. The molecular formula is C24H30N6O3. The molecule has 0 atom stereocenters. The van der Waals surface area contributed by atoms with Crippen LogP contribution in [0, 0.1) is 5.92 Å². The molecule has 9 heteroatoms. The average Bonchev–Trinajstić information content (AvgIpc) is 3.54. The number of nitrogens with zero attached hydrogens (tertiary/aromatic N) is 5. The van der Waals surface area contributed by atoms with E-state index in [-0.39, 0.29) is 11.8 Å². The Hall–Kier alpha value is -3.36. The lowest BCUT2D eigenvalue weighted by Gasteiger charge is -2.31. The van der Waals surface area contributed by atoms with Gasteiger partial charge in [0.25, 0.3) is 0 Å². The van der Waals surface area contributed by atoms with Gasteiger partial charge in [-0.25, -0.2) is 9.97 Å². The molecule has 1 aliphatic carbocycles. The molecule has 2 N–H and O–H groups in total. The average molecular weight is 451 g/mol. The van der Waals surface area contributed by atoms with Gasteiger partial charge in [0.1, 0.15) is 0 Å². The molecule has 5 rings (SSSR count). The van der Waals surface area contributed by atoms with Crippen LogP contribution in [-0.4, -0.2) is 53.0 Å². The summed E-state index contributed by atoms with van der Waals surface area (Å²) in [5.41, 5.74) is 8.06. The zero-order valence-corrected chi connectivity index (χ0v) is 19.2. The topological polar surface area (TPSA) is 108 Å². The van der Waals surface area contributed by atoms with Crippen LogP contribution in [-0.2, 0) is 4.79 Å². The SMILES string of the molecule is COc1cc2nc(N3CCC(C(N)=O)CC3)nc(-c3cnn(C4CCCC4)c3)c2cc1OC. The minimum atomic E-state index is -0.231. The third-order valence-corrected chi connectivity index (χ3v) is 6.94. The highest BCUT2D eigenvalue weighted by Crippen LogP contribution is 2.38. The molecule has 1 saturated heterocycles. The molecule has 2 aliphatic rings. The quantitative estimate of drug-likeness (QED) is 0.614. The minimum absolute atomic E-state index is 0.0878. The van der Waals surface area contributed by atoms with Crippen molar-refractivity contribution in [2.24, 2.45) is 11.7 Å². The number of hydrogen-bond acceptors (Lipinski definition) is 7. The summed E-state index contributed by atoms with van der Waals surface area (Å²) >= 11 is 0. The van der Waals surface area contributed by atoms with Crippen molar-refractivity contribution in [3.05, 3.63) is 24.5 Å². The van der Waals surface area contributed by atoms with Gasteiger partial charge in [0, 0.05) is 42.2 Å². The van der Waals surface area contributed by atoms with Crippen molar-refractivity contribution in [3.63, 3.8) is 0 Å². The summed E-state index contributed by atoms with van der Waals surface area (Å²) in [4.78, 5) is 23.6. The van der Waals surface area contributed by atoms with Crippen molar-refractivity contribution in [1.82, 2.24) is 19.7 Å². The first-order chi connectivity index (χ1) is 16.1. The van der Waals surface area contributed by atoms with E-state index in [9.17, 15) is 4.79 Å². The monoisotopic (exact) mass is 450 g/mol. The molecule has 9 nitrogen and oxygen atoms in total. The maximum atomic E-state index is 11.6. The number of carbonyl (C=O) groups excluding carboxylic acids is 1. The van der Waals surface area contributed by atoms with E-state index in [1.165, 1.54) is 12.8 Å². The van der Waals surface area contributed by atoms with Gasteiger partial charge in [-0.2, -0.15) is 5.10 Å². The van der Waals surface area contributed by atoms with E-state index in [0.717, 1.165) is 35.0 Å². The van der Waals surface area contributed by atoms with E-state index in [2.05, 4.69) is 20.9 Å². The van der Waals surface area contributed by atoms with Gasteiger partial charge in [0.15, 0.2) is 11.5 Å². The molecule has 0 unspecified atom stereocenters. The third kappa shape index (κ3) is 4.07. The first kappa shape index (κ1) is 21.5. The fourth-order valence-electron chi connectivity index (χ4n) is 5.00. The molecule has 33 heavy (non-hydrogen) atoms. The van der Waals surface area contributed by atoms with E-state index >= 15 is 0 Å². The van der Waals surface area contributed by atoms with Crippen molar-refractivity contribution >= 4 is 22.8 Å². The normalized spacial score (nSPS) is 17.6. The van der Waals surface area contributed by atoms with Crippen LogP contribution < -0.4 is 20.1 Å². The fraction of sp³-hybridized carbons (Fsp3) is 0.500. The number of nitrogens with two attached hydrogens (primary N) is 1. The number of fused-ring (bicyclic) bond motifs is 1. The summed E-state index contributed by atoms with van der Waals surface area (Å²) in [6, 6.07) is 4.27. The number of ether oxygens (including phenoxy) is 2. The number of primary amides is 1. The molecule has 1 aliphatic heterocycles. The molecule has 3 aromatic rings. The largest absolute Gasteiger partial charge is 0.493 e. The summed E-state index contributed by atoms with van der Waals surface area (Å²) in [5, 5.41) is 5.55. The molecule has 0 spiro atoms. The van der Waals surface area contributed by atoms with Crippen molar-refractivity contribution in [2.75, 3.05) is 32.2 Å². The van der Waals surface area contributed by atoms with E-state index in [4.69, 9.17) is 25.2 Å². The molecule has 2 aromatic heterocycles. The van der Waals surface area contributed by atoms with E-state index in [1.54, 1.807) is 14.2 Å². The van der Waals surface area contributed by atoms with Crippen LogP contribution in [0.15, 0.2) is 24.5 Å². The minimum Gasteiger partial charge on any atom is -0.493 e. The zero-order chi connectivity index (χ0) is 22.9. The van der Waals surface area contributed by atoms with E-state index in [0.29, 0.717) is 49.4 Å². The number of benzene rings is 1. The van der Waals surface area contributed by atoms with Crippen LogP contribution in [0.2, 0.25) is 0 Å². The number of methoxy groups -OCH3 is 2. The molecule has 1 aromatic carbocycles. The Bertz CT molecular complexity index is 1160. The van der Waals surface area contributed by atoms with Gasteiger partial charge < -0.3 is 20.1 Å². The van der Waals surface area contributed by atoms with Gasteiger partial charge in [0.2, 0.25) is 11.9 Å². The summed E-state index contributed by atoms with van der Waals surface area (Å²) in [6.07, 6.45) is 10.2. The Morgan fingerprint density at radius 3 is 2.39 bits per heavy atom. The van der Waals surface area contributed by atoms with Crippen molar-refractivity contribution in [3.8, 4) is 22.8 Å². The maximum absolute atomic E-state index is 11.6. The summed E-state index contributed by atoms with van der Waals surface area (Å²) < 4.78 is 13.1. The Kier molecular flexibility index (Phi) is 5.78. The van der Waals surface area contributed by atoms with Crippen molar-refractivity contribution < 1.29 is 14.3 Å². The van der Waals surface area contributed by atoms with Crippen LogP contribution in [0.1, 0.15) is 44.6 Å². The lowest BCUT2D eigenvalue weighted by molar-refractivity contribution is -0.122. The number of piperidine rings is 1. The second-order valence-electron chi connectivity index (χ2n) is 8.91. The number of hydrogen-bond donors (Lipinski definition) is 1. The van der Waals surface area contributed by atoms with Crippen LogP contribution in [0.4, 0.5) is 5.95 Å². The highest BCUT2D eigenvalue weighted by molar-refractivity contribution is 5.95. The van der Waals surface area contributed by atoms with Gasteiger partial charge in [0.05, 0.1) is 37.7 Å². The van der Waals surface area contributed by atoms with Crippen molar-refractivity contribution in [1.29, 1.82) is 0 Å². The number of carbonyl (C=O) groups is 1. The molecular weight excluding hydrogens is 420 g/mol. The van der Waals surface area contributed by atoms with Gasteiger partial charge in [-0.1, -0.05) is 12.8 Å². The summed E-state index contributed by atoms with van der Waals surface area (Å²) in [6.45, 7) is 1.38. The molecule has 0 bridgehead atoms. The second kappa shape index (κ2) is 8.88. The zero-order valence-electron chi connectivity index (χ0n) is 19.2. The first-order valence-electron chi connectivity index (χ1n) is 11.6. The Morgan fingerprint density at radius 2 is 1.73 bits per heavy atom. The van der Waals surface area contributed by atoms with Crippen LogP contribution in [0.3, 0.4) is 0 Å². The predicted octanol–water partition coefficient (Wildman–Crippen LogP) is 3.33. The Labute approximate surface area is 192 Å². The number of amides is 1. The summed E-state index contributed by atoms with van der Waals surface area (Å²) in [7, 11) is 3.24. The van der Waals surface area contributed by atoms with Crippen LogP contribution in [0.25, 0.3) is 22.2 Å². The van der Waals surface area contributed by atoms with Gasteiger partial charge >= 0.3 is 0 Å². The second-order valence-corrected chi connectivity index (χ2v) is 8.91. The number of aromatic nitrogens is 4. The van der Waals surface area contributed by atoms with E-state index < -0.39 is 0 Å². The molecule has 1 saturated carbocycles. The summed E-state index contributed by atoms with van der Waals surface area (Å²) in [5.74, 6) is 1.57. The highest BCUT2D eigenvalue weighted by Gasteiger charge is 2.26. The molecule has 0 radical (unpaired) electrons. The predicted molar refractivity (Wildman–Crippen MR) is 125 cm³/mol. The maximum Gasteiger partial charge on any atom is 0.226 e. The van der Waals surface area contributed by atoms with Crippen molar-refractivity contribution in [2.45, 2.75) is 44.6 Å². The standard InChI is InChI=1S/C24H30N6O3/c1-32-20-11-18-19(12-21(20)33-2)27-24(29-9-7-15(8-10-29)23(25)31)28-22(18)16-13-26-30(14-16)17-5-3-4-6-17/h11-15,17H,3-10H2,1-2H3,(H2,25,31).